The Hall–Kier alpha value is -1.84. The van der Waals surface area contributed by atoms with Crippen LogP contribution in [0, 0.1) is 11.8 Å². The maximum absolute atomic E-state index is 12.7. The molecule has 2 aliphatic rings. The first-order valence-electron chi connectivity index (χ1n) is 11.6. The molecule has 0 N–H and O–H groups in total. The molecule has 1 saturated heterocycles. The highest BCUT2D eigenvalue weighted by atomic mass is 16.2. The second-order valence-electron chi connectivity index (χ2n) is 9.32. The van der Waals surface area contributed by atoms with Crippen LogP contribution in [0.2, 0.25) is 0 Å². The van der Waals surface area contributed by atoms with E-state index in [4.69, 9.17) is 0 Å². The zero-order chi connectivity index (χ0) is 20.6. The molecule has 0 spiro atoms. The van der Waals surface area contributed by atoms with Crippen molar-refractivity contribution < 1.29 is 9.59 Å². The van der Waals surface area contributed by atoms with Crippen molar-refractivity contribution in [1.29, 1.82) is 0 Å². The van der Waals surface area contributed by atoms with Gasteiger partial charge in [-0.1, -0.05) is 56.5 Å². The van der Waals surface area contributed by atoms with Crippen LogP contribution < -0.4 is 0 Å². The number of hydrogen-bond donors (Lipinski definition) is 0. The summed E-state index contributed by atoms with van der Waals surface area (Å²) in [6, 6.07) is 10.4. The van der Waals surface area contributed by atoms with Gasteiger partial charge < -0.3 is 9.80 Å². The number of nitrogens with zero attached hydrogens (tertiary/aromatic N) is 2. The summed E-state index contributed by atoms with van der Waals surface area (Å²) in [7, 11) is 1.92. The predicted molar refractivity (Wildman–Crippen MR) is 118 cm³/mol. The Morgan fingerprint density at radius 2 is 1.59 bits per heavy atom. The minimum absolute atomic E-state index is 0.236. The summed E-state index contributed by atoms with van der Waals surface area (Å²) in [6.07, 6.45) is 9.65. The van der Waals surface area contributed by atoms with Gasteiger partial charge >= 0.3 is 0 Å². The maximum atomic E-state index is 12.7. The fourth-order valence-corrected chi connectivity index (χ4v) is 4.96. The molecule has 1 saturated carbocycles. The number of benzene rings is 1. The average Bonchev–Trinajstić information content (AvgIpc) is 2.75. The standard InChI is InChI=1S/C25H38N2O2/c1-20(23-11-7-4-8-12-23)19-26(2)24(28)17-22-13-15-27(16-14-22)25(29)18-21-9-5-3-6-10-21/h4,7-8,11-12,20-22H,3,5-6,9-10,13-19H2,1-2H3/t20-/m1/s1. The number of hydrogen-bond acceptors (Lipinski definition) is 2. The number of likely N-dealkylation sites (tertiary alicyclic amines) is 1. The van der Waals surface area contributed by atoms with E-state index in [-0.39, 0.29) is 5.91 Å². The highest BCUT2D eigenvalue weighted by Gasteiger charge is 2.27. The van der Waals surface area contributed by atoms with Gasteiger partial charge in [-0.15, -0.1) is 0 Å². The molecule has 0 bridgehead atoms. The van der Waals surface area contributed by atoms with Crippen LogP contribution in [0.4, 0.5) is 0 Å². The van der Waals surface area contributed by atoms with Crippen LogP contribution in [0.5, 0.6) is 0 Å². The fourth-order valence-electron chi connectivity index (χ4n) is 4.96. The summed E-state index contributed by atoms with van der Waals surface area (Å²) in [6.45, 7) is 4.58. The molecule has 0 radical (unpaired) electrons. The highest BCUT2D eigenvalue weighted by molar-refractivity contribution is 5.77. The quantitative estimate of drug-likeness (QED) is 0.659. The predicted octanol–water partition coefficient (Wildman–Crippen LogP) is 4.85. The van der Waals surface area contributed by atoms with Crippen molar-refractivity contribution in [1.82, 2.24) is 9.80 Å². The number of piperidine rings is 1. The van der Waals surface area contributed by atoms with Gasteiger partial charge in [0.15, 0.2) is 0 Å². The van der Waals surface area contributed by atoms with E-state index in [1.54, 1.807) is 0 Å². The fraction of sp³-hybridized carbons (Fsp3) is 0.680. The molecule has 4 nitrogen and oxygen atoms in total. The molecule has 3 rings (SSSR count). The van der Waals surface area contributed by atoms with Crippen LogP contribution in [0.15, 0.2) is 30.3 Å². The molecule has 2 fully saturated rings. The molecule has 1 aliphatic carbocycles. The van der Waals surface area contributed by atoms with Crippen molar-refractivity contribution in [3.05, 3.63) is 35.9 Å². The van der Waals surface area contributed by atoms with E-state index < -0.39 is 0 Å². The molecule has 1 aliphatic heterocycles. The highest BCUT2D eigenvalue weighted by Crippen LogP contribution is 2.28. The third-order valence-corrected chi connectivity index (χ3v) is 6.96. The second-order valence-corrected chi connectivity index (χ2v) is 9.32. The van der Waals surface area contributed by atoms with Gasteiger partial charge in [-0.2, -0.15) is 0 Å². The second kappa shape index (κ2) is 10.8. The summed E-state index contributed by atoms with van der Waals surface area (Å²) in [4.78, 5) is 29.3. The molecule has 4 heteroatoms. The third-order valence-electron chi connectivity index (χ3n) is 6.96. The first kappa shape index (κ1) is 21.9. The normalized spacial score (nSPS) is 19.7. The Kier molecular flexibility index (Phi) is 8.14. The number of likely N-dealkylation sites (N-methyl/N-ethyl adjacent to an activating group) is 1. The van der Waals surface area contributed by atoms with Gasteiger partial charge in [0.25, 0.3) is 0 Å². The maximum Gasteiger partial charge on any atom is 0.222 e. The smallest absolute Gasteiger partial charge is 0.222 e. The van der Waals surface area contributed by atoms with Crippen LogP contribution >= 0.6 is 0 Å². The molecule has 1 aromatic carbocycles. The van der Waals surface area contributed by atoms with Crippen molar-refractivity contribution in [2.45, 2.75) is 70.6 Å². The Balaban J connectivity index is 1.38. The summed E-state index contributed by atoms with van der Waals surface area (Å²) < 4.78 is 0. The molecule has 1 aromatic rings. The van der Waals surface area contributed by atoms with E-state index in [1.165, 1.54) is 37.7 Å². The number of carbonyl (C=O) groups is 2. The molecule has 29 heavy (non-hydrogen) atoms. The van der Waals surface area contributed by atoms with Crippen LogP contribution in [0.25, 0.3) is 0 Å². The van der Waals surface area contributed by atoms with E-state index in [9.17, 15) is 9.59 Å². The minimum Gasteiger partial charge on any atom is -0.345 e. The van der Waals surface area contributed by atoms with Gasteiger partial charge in [-0.25, -0.2) is 0 Å². The van der Waals surface area contributed by atoms with Crippen molar-refractivity contribution in [2.24, 2.45) is 11.8 Å². The largest absolute Gasteiger partial charge is 0.345 e. The van der Waals surface area contributed by atoms with E-state index in [1.807, 2.05) is 18.0 Å². The monoisotopic (exact) mass is 398 g/mol. The van der Waals surface area contributed by atoms with Crippen molar-refractivity contribution in [3.8, 4) is 0 Å². The lowest BCUT2D eigenvalue weighted by Crippen LogP contribution is -2.40. The average molecular weight is 399 g/mol. The first-order chi connectivity index (χ1) is 14.0. The first-order valence-corrected chi connectivity index (χ1v) is 11.6. The zero-order valence-electron chi connectivity index (χ0n) is 18.3. The van der Waals surface area contributed by atoms with E-state index in [0.29, 0.717) is 30.1 Å². The van der Waals surface area contributed by atoms with Gasteiger partial charge in [0.1, 0.15) is 0 Å². The Morgan fingerprint density at radius 3 is 2.24 bits per heavy atom. The van der Waals surface area contributed by atoms with Crippen LogP contribution in [0.1, 0.15) is 76.2 Å². The molecule has 1 heterocycles. The minimum atomic E-state index is 0.236. The molecule has 2 amide bonds. The van der Waals surface area contributed by atoms with Gasteiger partial charge in [0, 0.05) is 39.5 Å². The molecule has 0 aromatic heterocycles. The Labute approximate surface area is 176 Å². The number of amides is 2. The lowest BCUT2D eigenvalue weighted by Gasteiger charge is -2.34. The van der Waals surface area contributed by atoms with Gasteiger partial charge in [-0.05, 0) is 49.0 Å². The number of rotatable bonds is 7. The van der Waals surface area contributed by atoms with Crippen LogP contribution in [-0.4, -0.2) is 48.3 Å². The number of carbonyl (C=O) groups excluding carboxylic acids is 2. The van der Waals surface area contributed by atoms with E-state index in [2.05, 4.69) is 36.1 Å². The molecule has 160 valence electrons. The van der Waals surface area contributed by atoms with Crippen LogP contribution in [-0.2, 0) is 9.59 Å². The van der Waals surface area contributed by atoms with Crippen LogP contribution in [0.3, 0.4) is 0 Å². The lowest BCUT2D eigenvalue weighted by atomic mass is 9.86. The van der Waals surface area contributed by atoms with E-state index >= 15 is 0 Å². The molecular weight excluding hydrogens is 360 g/mol. The summed E-state index contributed by atoms with van der Waals surface area (Å²) in [5.41, 5.74) is 1.27. The van der Waals surface area contributed by atoms with Crippen molar-refractivity contribution in [3.63, 3.8) is 0 Å². The summed E-state index contributed by atoms with van der Waals surface area (Å²) in [5.74, 6) is 1.94. The zero-order valence-corrected chi connectivity index (χ0v) is 18.3. The van der Waals surface area contributed by atoms with Crippen molar-refractivity contribution >= 4 is 11.8 Å². The van der Waals surface area contributed by atoms with Gasteiger partial charge in [0.05, 0.1) is 0 Å². The SMILES string of the molecule is C[C@H](CN(C)C(=O)CC1CCN(C(=O)CC2CCCCC2)CC1)c1ccccc1. The molecule has 0 unspecified atom stereocenters. The topological polar surface area (TPSA) is 40.6 Å². The molecule has 1 atom stereocenters. The van der Waals surface area contributed by atoms with Gasteiger partial charge in [-0.3, -0.25) is 9.59 Å². The Morgan fingerprint density at radius 1 is 0.966 bits per heavy atom. The third kappa shape index (κ3) is 6.58. The summed E-state index contributed by atoms with van der Waals surface area (Å²) in [5, 5.41) is 0. The molecular formula is C25H38N2O2. The lowest BCUT2D eigenvalue weighted by molar-refractivity contribution is -0.134. The summed E-state index contributed by atoms with van der Waals surface area (Å²) >= 11 is 0. The Bertz CT molecular complexity index is 646. The van der Waals surface area contributed by atoms with Crippen molar-refractivity contribution in [2.75, 3.05) is 26.7 Å². The van der Waals surface area contributed by atoms with E-state index in [0.717, 1.165) is 38.9 Å². The van der Waals surface area contributed by atoms with Gasteiger partial charge in [0.2, 0.25) is 11.8 Å².